The van der Waals surface area contributed by atoms with Crippen molar-refractivity contribution in [1.29, 1.82) is 0 Å². The van der Waals surface area contributed by atoms with Gasteiger partial charge in [-0.2, -0.15) is 5.10 Å². The Hall–Kier alpha value is -2.89. The van der Waals surface area contributed by atoms with Crippen LogP contribution in [0.4, 0.5) is 5.69 Å². The van der Waals surface area contributed by atoms with Crippen LogP contribution >= 0.6 is 0 Å². The van der Waals surface area contributed by atoms with Crippen molar-refractivity contribution in [3.63, 3.8) is 0 Å². The normalized spacial score (nSPS) is 21.9. The minimum absolute atomic E-state index is 0.00637. The minimum atomic E-state index is -0.645. The Labute approximate surface area is 165 Å². The molecular formula is C22H26N4O2. The number of allylic oxidation sites excluding steroid dienone is 1. The Morgan fingerprint density at radius 2 is 2.04 bits per heavy atom. The van der Waals surface area contributed by atoms with Crippen LogP contribution < -0.4 is 10.2 Å². The molecule has 6 nitrogen and oxygen atoms in total. The molecule has 2 amide bonds. The second-order valence-corrected chi connectivity index (χ2v) is 7.72. The summed E-state index contributed by atoms with van der Waals surface area (Å²) in [6, 6.07) is 9.64. The van der Waals surface area contributed by atoms with Gasteiger partial charge in [-0.3, -0.25) is 19.6 Å². The summed E-state index contributed by atoms with van der Waals surface area (Å²) in [7, 11) is 0. The Bertz CT molecular complexity index is 912. The van der Waals surface area contributed by atoms with Crippen molar-refractivity contribution in [2.24, 2.45) is 5.41 Å². The molecule has 2 aromatic rings. The van der Waals surface area contributed by atoms with Crippen LogP contribution in [0, 0.1) is 19.3 Å². The smallest absolute Gasteiger partial charge is 0.232 e. The molecule has 1 aromatic carbocycles. The van der Waals surface area contributed by atoms with Gasteiger partial charge in [-0.1, -0.05) is 24.3 Å². The number of rotatable bonds is 4. The van der Waals surface area contributed by atoms with Crippen LogP contribution in [0.5, 0.6) is 0 Å². The third-order valence-corrected chi connectivity index (χ3v) is 6.05. The number of anilines is 1. The molecule has 2 heterocycles. The second-order valence-electron chi connectivity index (χ2n) is 7.72. The number of para-hydroxylation sites is 1. The number of aromatic amines is 1. The maximum absolute atomic E-state index is 13.4. The van der Waals surface area contributed by atoms with E-state index < -0.39 is 5.41 Å². The molecule has 0 radical (unpaired) electrons. The average molecular weight is 378 g/mol. The highest BCUT2D eigenvalue weighted by atomic mass is 16.2. The Morgan fingerprint density at radius 3 is 2.75 bits per heavy atom. The van der Waals surface area contributed by atoms with E-state index >= 15 is 0 Å². The fourth-order valence-corrected chi connectivity index (χ4v) is 4.47. The molecule has 1 atom stereocenters. The van der Waals surface area contributed by atoms with Crippen LogP contribution in [0.3, 0.4) is 0 Å². The summed E-state index contributed by atoms with van der Waals surface area (Å²) in [5.74, 6) is 0.0659. The molecule has 0 saturated carbocycles. The molecule has 1 saturated heterocycles. The molecule has 6 heteroatoms. The molecule has 146 valence electrons. The maximum Gasteiger partial charge on any atom is 0.232 e. The third kappa shape index (κ3) is 3.03. The van der Waals surface area contributed by atoms with Gasteiger partial charge in [0.05, 0.1) is 11.1 Å². The van der Waals surface area contributed by atoms with Crippen molar-refractivity contribution in [3.05, 3.63) is 59.1 Å². The molecule has 1 fully saturated rings. The van der Waals surface area contributed by atoms with Gasteiger partial charge in [0.25, 0.3) is 0 Å². The number of nitrogens with one attached hydrogen (secondary N) is 2. The summed E-state index contributed by atoms with van der Waals surface area (Å²) in [6.07, 6.45) is 5.64. The molecule has 2 aliphatic rings. The lowest BCUT2D eigenvalue weighted by atomic mass is 9.69. The van der Waals surface area contributed by atoms with E-state index in [0.717, 1.165) is 47.6 Å². The van der Waals surface area contributed by atoms with Crippen LogP contribution in [0.15, 0.2) is 42.1 Å². The zero-order chi connectivity index (χ0) is 19.7. The summed E-state index contributed by atoms with van der Waals surface area (Å²) in [5.41, 5.74) is 3.93. The van der Waals surface area contributed by atoms with Crippen molar-refractivity contribution < 1.29 is 9.59 Å². The van der Waals surface area contributed by atoms with E-state index in [1.807, 2.05) is 44.2 Å². The quantitative estimate of drug-likeness (QED) is 0.854. The van der Waals surface area contributed by atoms with Gasteiger partial charge in [0.1, 0.15) is 0 Å². The zero-order valence-electron chi connectivity index (χ0n) is 16.4. The van der Waals surface area contributed by atoms with E-state index in [2.05, 4.69) is 21.6 Å². The van der Waals surface area contributed by atoms with Gasteiger partial charge in [-0.15, -0.1) is 0 Å². The number of carbonyl (C=O) groups excluding carboxylic acids is 2. The number of hydrogen-bond acceptors (Lipinski definition) is 3. The molecule has 1 unspecified atom stereocenters. The predicted octanol–water partition coefficient (Wildman–Crippen LogP) is 3.52. The second kappa shape index (κ2) is 7.26. The average Bonchev–Trinajstić information content (AvgIpc) is 3.04. The summed E-state index contributed by atoms with van der Waals surface area (Å²) in [5, 5.41) is 10.3. The number of aryl methyl sites for hydroxylation is 2. The van der Waals surface area contributed by atoms with Crippen LogP contribution in [-0.4, -0.2) is 22.0 Å². The highest BCUT2D eigenvalue weighted by Crippen LogP contribution is 2.48. The van der Waals surface area contributed by atoms with E-state index in [-0.39, 0.29) is 11.8 Å². The van der Waals surface area contributed by atoms with Gasteiger partial charge in [0.2, 0.25) is 11.8 Å². The van der Waals surface area contributed by atoms with Crippen molar-refractivity contribution in [2.45, 2.75) is 52.5 Å². The Balaban J connectivity index is 1.64. The van der Waals surface area contributed by atoms with Crippen LogP contribution in [0.2, 0.25) is 0 Å². The van der Waals surface area contributed by atoms with E-state index in [0.29, 0.717) is 19.4 Å². The number of piperidine rings is 1. The topological polar surface area (TPSA) is 78.1 Å². The van der Waals surface area contributed by atoms with Gasteiger partial charge in [-0.25, -0.2) is 0 Å². The standard InChI is InChI=1S/C22H26N4O2/c1-15-18(16(2)25-24-15)14-23-21(28)22-12-7-6-10-19(22)26(20(27)11-13-22)17-8-4-3-5-9-17/h3-5,8-10H,6-7,11-14H2,1-2H3,(H,23,28)(H,24,25). The third-order valence-electron chi connectivity index (χ3n) is 6.05. The SMILES string of the molecule is Cc1n[nH]c(C)c1CNC(=O)C12CCCC=C1N(c1ccccc1)C(=O)CC2. The summed E-state index contributed by atoms with van der Waals surface area (Å²) < 4.78 is 0. The minimum Gasteiger partial charge on any atom is -0.351 e. The highest BCUT2D eigenvalue weighted by molar-refractivity contribution is 6.02. The molecule has 1 aromatic heterocycles. The largest absolute Gasteiger partial charge is 0.351 e. The Morgan fingerprint density at radius 1 is 1.25 bits per heavy atom. The molecular weight excluding hydrogens is 352 g/mol. The highest BCUT2D eigenvalue weighted by Gasteiger charge is 2.49. The fourth-order valence-electron chi connectivity index (χ4n) is 4.47. The van der Waals surface area contributed by atoms with E-state index in [9.17, 15) is 9.59 Å². The summed E-state index contributed by atoms with van der Waals surface area (Å²) >= 11 is 0. The van der Waals surface area contributed by atoms with E-state index in [4.69, 9.17) is 0 Å². The van der Waals surface area contributed by atoms with Gasteiger partial charge in [0.15, 0.2) is 0 Å². The lowest BCUT2D eigenvalue weighted by molar-refractivity contribution is -0.132. The lowest BCUT2D eigenvalue weighted by Gasteiger charge is -2.45. The zero-order valence-corrected chi connectivity index (χ0v) is 16.4. The van der Waals surface area contributed by atoms with Crippen molar-refractivity contribution >= 4 is 17.5 Å². The van der Waals surface area contributed by atoms with Crippen molar-refractivity contribution in [2.75, 3.05) is 4.90 Å². The molecule has 0 bridgehead atoms. The monoisotopic (exact) mass is 378 g/mol. The molecule has 2 N–H and O–H groups in total. The first-order valence-corrected chi connectivity index (χ1v) is 9.90. The summed E-state index contributed by atoms with van der Waals surface area (Å²) in [4.78, 5) is 28.0. The molecule has 28 heavy (non-hydrogen) atoms. The number of fused-ring (bicyclic) bond motifs is 1. The van der Waals surface area contributed by atoms with Gasteiger partial charge < -0.3 is 5.32 Å². The van der Waals surface area contributed by atoms with Crippen molar-refractivity contribution in [1.82, 2.24) is 15.5 Å². The van der Waals surface area contributed by atoms with Gasteiger partial charge in [0, 0.05) is 35.6 Å². The first kappa shape index (κ1) is 18.5. The Kier molecular flexibility index (Phi) is 4.79. The van der Waals surface area contributed by atoms with Crippen LogP contribution in [0.1, 0.15) is 49.1 Å². The van der Waals surface area contributed by atoms with Gasteiger partial charge in [-0.05, 0) is 51.7 Å². The number of H-pyrrole nitrogens is 1. The number of aromatic nitrogens is 2. The molecule has 0 spiro atoms. The number of amides is 2. The lowest BCUT2D eigenvalue weighted by Crippen LogP contribution is -2.53. The fraction of sp³-hybridized carbons (Fsp3) is 0.409. The molecule has 1 aliphatic carbocycles. The van der Waals surface area contributed by atoms with Crippen molar-refractivity contribution in [3.8, 4) is 0 Å². The van der Waals surface area contributed by atoms with Crippen LogP contribution in [0.25, 0.3) is 0 Å². The summed E-state index contributed by atoms with van der Waals surface area (Å²) in [6.45, 7) is 4.34. The number of carbonyl (C=O) groups is 2. The number of benzene rings is 1. The van der Waals surface area contributed by atoms with E-state index in [1.54, 1.807) is 4.90 Å². The maximum atomic E-state index is 13.4. The first-order chi connectivity index (χ1) is 13.5. The molecule has 1 aliphatic heterocycles. The molecule has 4 rings (SSSR count). The van der Waals surface area contributed by atoms with Crippen LogP contribution in [-0.2, 0) is 16.1 Å². The van der Waals surface area contributed by atoms with Gasteiger partial charge >= 0.3 is 0 Å². The first-order valence-electron chi connectivity index (χ1n) is 9.90. The number of nitrogens with zero attached hydrogens (tertiary/aromatic N) is 2. The predicted molar refractivity (Wildman–Crippen MR) is 107 cm³/mol. The number of hydrogen-bond donors (Lipinski definition) is 2. The van der Waals surface area contributed by atoms with E-state index in [1.165, 1.54) is 0 Å².